The second kappa shape index (κ2) is 14.7. The fourth-order valence-electron chi connectivity index (χ4n) is 13.5. The molecule has 1 spiro atoms. The third-order valence-corrected chi connectivity index (χ3v) is 16.7. The zero-order chi connectivity index (χ0) is 48.2. The molecule has 11 aromatic carbocycles. The van der Waals surface area contributed by atoms with Crippen LogP contribution in [0.15, 0.2) is 241 Å². The van der Waals surface area contributed by atoms with Gasteiger partial charge in [0, 0.05) is 44.4 Å². The summed E-state index contributed by atoms with van der Waals surface area (Å²) in [6.07, 6.45) is 0. The highest BCUT2D eigenvalue weighted by Gasteiger charge is 2.50. The van der Waals surface area contributed by atoms with E-state index in [1.807, 2.05) is 0 Å². The van der Waals surface area contributed by atoms with Crippen molar-refractivity contribution in [2.24, 2.45) is 0 Å². The molecule has 0 amide bonds. The molecule has 3 heteroatoms. The summed E-state index contributed by atoms with van der Waals surface area (Å²) in [5.74, 6) is 1.69. The maximum atomic E-state index is 6.87. The zero-order valence-electron chi connectivity index (χ0n) is 40.3. The first-order valence-electron chi connectivity index (χ1n) is 25.4. The number of nitrogens with zero attached hydrogens (tertiary/aromatic N) is 1. The highest BCUT2D eigenvalue weighted by Crippen LogP contribution is 2.63. The van der Waals surface area contributed by atoms with E-state index >= 15 is 0 Å². The normalized spacial score (nSPS) is 15.5. The second-order valence-electron chi connectivity index (χ2n) is 20.7. The Morgan fingerprint density at radius 1 is 0.288 bits per heavy atom. The van der Waals surface area contributed by atoms with Gasteiger partial charge in [-0.2, -0.15) is 0 Å². The molecule has 1 aromatic heterocycles. The highest BCUT2D eigenvalue weighted by atomic mass is 16.5. The fourth-order valence-corrected chi connectivity index (χ4v) is 13.5. The van der Waals surface area contributed by atoms with Gasteiger partial charge in [0.2, 0.25) is 0 Å². The van der Waals surface area contributed by atoms with E-state index in [9.17, 15) is 0 Å². The molecule has 0 radical (unpaired) electrons. The molecule has 0 fully saturated rings. The van der Waals surface area contributed by atoms with Crippen LogP contribution in [0.25, 0.3) is 88.7 Å². The average molecular weight is 932 g/mol. The van der Waals surface area contributed by atoms with Crippen molar-refractivity contribution in [3.8, 4) is 78.3 Å². The first-order valence-corrected chi connectivity index (χ1v) is 25.4. The molecule has 0 saturated carbocycles. The van der Waals surface area contributed by atoms with E-state index in [2.05, 4.69) is 255 Å². The topological polar surface area (TPSA) is 25.6 Å². The smallest absolute Gasteiger partial charge is 0.136 e. The number of fused-ring (bicyclic) bond motifs is 23. The molecule has 3 aliphatic carbocycles. The third kappa shape index (κ3) is 5.43. The Kier molecular flexibility index (Phi) is 8.16. The molecule has 12 aromatic rings. The maximum absolute atomic E-state index is 6.87. The molecule has 4 aliphatic rings. The van der Waals surface area contributed by atoms with Crippen molar-refractivity contribution >= 4 is 39.0 Å². The number of benzene rings is 11. The summed E-state index contributed by atoms with van der Waals surface area (Å²) in [5.41, 5.74) is 26.1. The number of ether oxygens (including phenoxy) is 1. The van der Waals surface area contributed by atoms with Crippen LogP contribution in [0.1, 0.15) is 47.2 Å². The van der Waals surface area contributed by atoms with Crippen molar-refractivity contribution in [3.05, 3.63) is 270 Å². The molecule has 16 rings (SSSR count). The van der Waals surface area contributed by atoms with Gasteiger partial charge >= 0.3 is 0 Å². The minimum Gasteiger partial charge on any atom is -0.456 e. The number of hydrogen-bond donors (Lipinski definition) is 0. The first kappa shape index (κ1) is 40.5. The van der Waals surface area contributed by atoms with E-state index in [0.29, 0.717) is 0 Å². The fraction of sp³-hybridized carbons (Fsp3) is 0.0571. The summed E-state index contributed by atoms with van der Waals surface area (Å²) < 4.78 is 13.5. The Morgan fingerprint density at radius 3 is 1.44 bits per heavy atom. The molecule has 73 heavy (non-hydrogen) atoms. The lowest BCUT2D eigenvalue weighted by Gasteiger charge is -2.36. The van der Waals surface area contributed by atoms with E-state index in [0.717, 1.165) is 72.8 Å². The second-order valence-corrected chi connectivity index (χ2v) is 20.7. The van der Waals surface area contributed by atoms with Gasteiger partial charge in [-0.15, -0.1) is 0 Å². The van der Waals surface area contributed by atoms with Crippen LogP contribution in [-0.4, -0.2) is 0 Å². The highest BCUT2D eigenvalue weighted by molar-refractivity contribution is 6.09. The number of anilines is 3. The summed E-state index contributed by atoms with van der Waals surface area (Å²) >= 11 is 0. The maximum Gasteiger partial charge on any atom is 0.136 e. The van der Waals surface area contributed by atoms with Crippen LogP contribution in [0.5, 0.6) is 11.5 Å². The van der Waals surface area contributed by atoms with Gasteiger partial charge in [0.15, 0.2) is 0 Å². The molecule has 0 saturated heterocycles. The average Bonchev–Trinajstić information content (AvgIpc) is 3.96. The van der Waals surface area contributed by atoms with E-state index in [-0.39, 0.29) is 5.41 Å². The summed E-state index contributed by atoms with van der Waals surface area (Å²) in [6, 6.07) is 87.7. The van der Waals surface area contributed by atoms with E-state index in [4.69, 9.17) is 9.15 Å². The first-order chi connectivity index (χ1) is 35.9. The Labute approximate surface area is 423 Å². The van der Waals surface area contributed by atoms with Gasteiger partial charge < -0.3 is 14.1 Å². The van der Waals surface area contributed by atoms with Crippen molar-refractivity contribution in [1.29, 1.82) is 0 Å². The number of furan rings is 1. The molecule has 3 nitrogen and oxygen atoms in total. The molecule has 1 aliphatic heterocycles. The summed E-state index contributed by atoms with van der Waals surface area (Å²) in [6.45, 7) is 4.74. The Balaban J connectivity index is 1.01. The molecular weight excluding hydrogens is 887 g/mol. The van der Waals surface area contributed by atoms with Gasteiger partial charge in [0.1, 0.15) is 22.7 Å². The van der Waals surface area contributed by atoms with Crippen molar-refractivity contribution in [2.45, 2.75) is 24.7 Å². The van der Waals surface area contributed by atoms with Gasteiger partial charge in [-0.1, -0.05) is 184 Å². The SMILES string of the molecule is CC1(C)c2ccccc2-c2ccc(N(c3ccc4c(c3)-c3ccccc3-c3ccccc3O4)c3ccc4c(c3)C3(c5ccccc5-c5ccccc5-4)c4ccccc4-c4cc5oc6ccccc6c5cc43)cc21. The van der Waals surface area contributed by atoms with Crippen molar-refractivity contribution < 1.29 is 9.15 Å². The number of para-hydroxylation sites is 2. The van der Waals surface area contributed by atoms with Crippen LogP contribution in [0.3, 0.4) is 0 Å². The largest absolute Gasteiger partial charge is 0.456 e. The third-order valence-electron chi connectivity index (χ3n) is 16.7. The van der Waals surface area contributed by atoms with Crippen LogP contribution in [0.4, 0.5) is 17.1 Å². The van der Waals surface area contributed by atoms with Crippen molar-refractivity contribution in [1.82, 2.24) is 0 Å². The van der Waals surface area contributed by atoms with Crippen molar-refractivity contribution in [2.75, 3.05) is 4.90 Å². The number of hydrogen-bond acceptors (Lipinski definition) is 3. The summed E-state index contributed by atoms with van der Waals surface area (Å²) in [5, 5.41) is 2.24. The minimum atomic E-state index is -0.723. The van der Waals surface area contributed by atoms with E-state index < -0.39 is 5.41 Å². The van der Waals surface area contributed by atoms with Gasteiger partial charge in [0.05, 0.1) is 5.41 Å². The van der Waals surface area contributed by atoms with Gasteiger partial charge in [0.25, 0.3) is 0 Å². The minimum absolute atomic E-state index is 0.203. The van der Waals surface area contributed by atoms with Crippen LogP contribution in [0, 0.1) is 0 Å². The quantitative estimate of drug-likeness (QED) is 0.177. The molecule has 0 N–H and O–H groups in total. The predicted octanol–water partition coefficient (Wildman–Crippen LogP) is 18.8. The Hall–Kier alpha value is -9.18. The van der Waals surface area contributed by atoms with Crippen LogP contribution in [0.2, 0.25) is 0 Å². The molecular formula is C70H45NO2. The van der Waals surface area contributed by atoms with E-state index in [1.54, 1.807) is 0 Å². The summed E-state index contributed by atoms with van der Waals surface area (Å²) in [7, 11) is 0. The standard InChI is InChI=1S/C70H45NO2/c1-69(2)59-26-12-7-22-50(59)53-35-32-43(38-62(53)69)71(42-33-36-67-57(37-42)48-20-6-5-19-47(48)54-24-10-15-29-65(54)72-67)44-31-34-52-46-18-4-3-17-45(46)49-21-8-13-27-60(49)70(63(52)39-44)61-28-14-9-23-51(61)56-41-68-58(40-64(56)70)55-25-11-16-30-66(55)73-68/h3-41H,1-2H3. The Bertz CT molecular complexity index is 4360. The summed E-state index contributed by atoms with van der Waals surface area (Å²) in [4.78, 5) is 2.49. The molecule has 0 bridgehead atoms. The molecule has 2 heterocycles. The van der Waals surface area contributed by atoms with E-state index in [1.165, 1.54) is 77.9 Å². The Morgan fingerprint density at radius 2 is 0.740 bits per heavy atom. The van der Waals surface area contributed by atoms with Gasteiger partial charge in [-0.3, -0.25) is 0 Å². The van der Waals surface area contributed by atoms with Gasteiger partial charge in [-0.05, 0) is 156 Å². The lowest BCUT2D eigenvalue weighted by molar-refractivity contribution is 0.488. The lowest BCUT2D eigenvalue weighted by atomic mass is 9.65. The predicted molar refractivity (Wildman–Crippen MR) is 299 cm³/mol. The molecule has 1 unspecified atom stereocenters. The molecule has 342 valence electrons. The van der Waals surface area contributed by atoms with Crippen LogP contribution < -0.4 is 9.64 Å². The zero-order valence-corrected chi connectivity index (χ0v) is 40.3. The molecule has 1 atom stereocenters. The van der Waals surface area contributed by atoms with Crippen LogP contribution in [-0.2, 0) is 10.8 Å². The van der Waals surface area contributed by atoms with Crippen molar-refractivity contribution in [3.63, 3.8) is 0 Å². The monoisotopic (exact) mass is 931 g/mol. The van der Waals surface area contributed by atoms with Crippen LogP contribution >= 0.6 is 0 Å². The lowest BCUT2D eigenvalue weighted by Crippen LogP contribution is -2.29. The van der Waals surface area contributed by atoms with Gasteiger partial charge in [-0.25, -0.2) is 0 Å². The number of rotatable bonds is 3.